The van der Waals surface area contributed by atoms with Crippen LogP contribution in [0.4, 0.5) is 5.69 Å². The summed E-state index contributed by atoms with van der Waals surface area (Å²) in [6.07, 6.45) is 1.56. The molecule has 1 aliphatic rings. The third-order valence-electron chi connectivity index (χ3n) is 4.22. The maximum atomic E-state index is 12.3. The number of nitrogens with zero attached hydrogens (tertiary/aromatic N) is 3. The second-order valence-corrected chi connectivity index (χ2v) is 5.94. The molecule has 1 aliphatic heterocycles. The lowest BCUT2D eigenvalue weighted by Crippen LogP contribution is -2.41. The van der Waals surface area contributed by atoms with Crippen molar-refractivity contribution in [1.29, 1.82) is 0 Å². The number of rotatable bonds is 6. The largest absolute Gasteiger partial charge is 0.379 e. The molecule has 2 aromatic rings. The van der Waals surface area contributed by atoms with Gasteiger partial charge < -0.3 is 10.1 Å². The summed E-state index contributed by atoms with van der Waals surface area (Å²) >= 11 is 0. The Labute approximate surface area is 150 Å². The highest BCUT2D eigenvalue weighted by Crippen LogP contribution is 2.22. The van der Waals surface area contributed by atoms with E-state index in [0.717, 1.165) is 44.0 Å². The van der Waals surface area contributed by atoms with Crippen LogP contribution in [0.3, 0.4) is 0 Å². The van der Waals surface area contributed by atoms with Gasteiger partial charge in [0.1, 0.15) is 5.69 Å². The highest BCUT2D eigenvalue weighted by atomic mass is 16.6. The molecule has 1 amide bonds. The lowest BCUT2D eigenvalue weighted by molar-refractivity contribution is -0.384. The van der Waals surface area contributed by atoms with Crippen LogP contribution in [0.15, 0.2) is 42.6 Å². The van der Waals surface area contributed by atoms with Crippen LogP contribution in [0, 0.1) is 10.1 Å². The van der Waals surface area contributed by atoms with Crippen LogP contribution in [0.25, 0.3) is 11.1 Å². The molecule has 0 aliphatic carbocycles. The first-order chi connectivity index (χ1) is 12.6. The average molecular weight is 356 g/mol. The number of non-ortho nitro benzene ring substituents is 1. The number of pyridine rings is 1. The maximum Gasteiger partial charge on any atom is 0.269 e. The zero-order valence-electron chi connectivity index (χ0n) is 14.3. The number of nitrogens with one attached hydrogen (secondary N) is 1. The van der Waals surface area contributed by atoms with Crippen molar-refractivity contribution in [3.05, 3.63) is 58.4 Å². The number of carbonyl (C=O) groups excluding carboxylic acids is 1. The Kier molecular flexibility index (Phi) is 5.88. The third kappa shape index (κ3) is 4.62. The van der Waals surface area contributed by atoms with E-state index in [9.17, 15) is 14.9 Å². The molecule has 1 aromatic carbocycles. The van der Waals surface area contributed by atoms with Gasteiger partial charge in [-0.3, -0.25) is 24.8 Å². The minimum atomic E-state index is -0.441. The Morgan fingerprint density at radius 1 is 1.19 bits per heavy atom. The van der Waals surface area contributed by atoms with E-state index in [1.165, 1.54) is 12.1 Å². The van der Waals surface area contributed by atoms with E-state index in [1.54, 1.807) is 30.5 Å². The van der Waals surface area contributed by atoms with E-state index in [2.05, 4.69) is 15.2 Å². The summed E-state index contributed by atoms with van der Waals surface area (Å²) in [7, 11) is 0. The molecule has 0 radical (unpaired) electrons. The van der Waals surface area contributed by atoms with Crippen molar-refractivity contribution >= 4 is 11.6 Å². The molecule has 8 heteroatoms. The molecule has 3 rings (SSSR count). The quantitative estimate of drug-likeness (QED) is 0.625. The van der Waals surface area contributed by atoms with Crippen molar-refractivity contribution in [3.63, 3.8) is 0 Å². The molecule has 1 saturated heterocycles. The third-order valence-corrected chi connectivity index (χ3v) is 4.22. The van der Waals surface area contributed by atoms with E-state index in [1.807, 2.05) is 0 Å². The normalized spacial score (nSPS) is 14.8. The number of morpholine rings is 1. The lowest BCUT2D eigenvalue weighted by atomic mass is 10.1. The number of ether oxygens (including phenoxy) is 1. The van der Waals surface area contributed by atoms with Crippen LogP contribution < -0.4 is 5.32 Å². The number of hydrogen-bond acceptors (Lipinski definition) is 6. The first-order valence-corrected chi connectivity index (χ1v) is 8.42. The van der Waals surface area contributed by atoms with Crippen LogP contribution in [-0.4, -0.2) is 60.1 Å². The molecule has 136 valence electrons. The Morgan fingerprint density at radius 2 is 1.92 bits per heavy atom. The molecule has 2 heterocycles. The summed E-state index contributed by atoms with van der Waals surface area (Å²) in [5.41, 5.74) is 1.93. The number of nitro groups is 1. The van der Waals surface area contributed by atoms with E-state index in [-0.39, 0.29) is 11.6 Å². The van der Waals surface area contributed by atoms with Gasteiger partial charge in [0, 0.05) is 44.5 Å². The van der Waals surface area contributed by atoms with Crippen LogP contribution in [-0.2, 0) is 4.74 Å². The monoisotopic (exact) mass is 356 g/mol. The van der Waals surface area contributed by atoms with Gasteiger partial charge in [0.2, 0.25) is 0 Å². The number of aromatic nitrogens is 1. The standard InChI is InChI=1S/C18H20N4O4/c23-18(20-7-8-21-9-11-26-12-10-21)17-13-15(5-6-19-17)14-1-3-16(4-2-14)22(24)25/h1-6,13H,7-12H2,(H,20,23). The Hall–Kier alpha value is -2.84. The predicted molar refractivity (Wildman–Crippen MR) is 95.9 cm³/mol. The van der Waals surface area contributed by atoms with E-state index >= 15 is 0 Å². The van der Waals surface area contributed by atoms with Crippen molar-refractivity contribution < 1.29 is 14.5 Å². The highest BCUT2D eigenvalue weighted by molar-refractivity contribution is 5.93. The predicted octanol–water partition coefficient (Wildman–Crippen LogP) is 1.72. The van der Waals surface area contributed by atoms with Crippen LogP contribution in [0.1, 0.15) is 10.5 Å². The van der Waals surface area contributed by atoms with Gasteiger partial charge in [-0.05, 0) is 35.4 Å². The van der Waals surface area contributed by atoms with Gasteiger partial charge in [0.15, 0.2) is 0 Å². The van der Waals surface area contributed by atoms with Crippen molar-refractivity contribution in [2.45, 2.75) is 0 Å². The van der Waals surface area contributed by atoms with Gasteiger partial charge in [0.25, 0.3) is 11.6 Å². The molecule has 1 N–H and O–H groups in total. The van der Waals surface area contributed by atoms with Crippen molar-refractivity contribution in [1.82, 2.24) is 15.2 Å². The first kappa shape index (κ1) is 18.0. The summed E-state index contributed by atoms with van der Waals surface area (Å²) < 4.78 is 5.30. The number of hydrogen-bond donors (Lipinski definition) is 1. The molecule has 8 nitrogen and oxygen atoms in total. The van der Waals surface area contributed by atoms with Gasteiger partial charge in [-0.1, -0.05) is 0 Å². The minimum absolute atomic E-state index is 0.0314. The summed E-state index contributed by atoms with van der Waals surface area (Å²) in [4.78, 5) is 29.0. The smallest absolute Gasteiger partial charge is 0.269 e. The average Bonchev–Trinajstić information content (AvgIpc) is 2.69. The molecule has 0 spiro atoms. The molecule has 1 fully saturated rings. The fraction of sp³-hybridized carbons (Fsp3) is 0.333. The SMILES string of the molecule is O=C(NCCN1CCOCC1)c1cc(-c2ccc([N+](=O)[O-])cc2)ccn1. The van der Waals surface area contributed by atoms with Gasteiger partial charge in [-0.15, -0.1) is 0 Å². The van der Waals surface area contributed by atoms with Gasteiger partial charge in [0.05, 0.1) is 18.1 Å². The second-order valence-electron chi connectivity index (χ2n) is 5.94. The molecule has 26 heavy (non-hydrogen) atoms. The van der Waals surface area contributed by atoms with Crippen LogP contribution >= 0.6 is 0 Å². The van der Waals surface area contributed by atoms with Crippen molar-refractivity contribution in [3.8, 4) is 11.1 Å². The topological polar surface area (TPSA) is 97.6 Å². The van der Waals surface area contributed by atoms with Crippen molar-refractivity contribution in [2.24, 2.45) is 0 Å². The van der Waals surface area contributed by atoms with Gasteiger partial charge >= 0.3 is 0 Å². The van der Waals surface area contributed by atoms with Crippen LogP contribution in [0.5, 0.6) is 0 Å². The van der Waals surface area contributed by atoms with E-state index < -0.39 is 4.92 Å². The minimum Gasteiger partial charge on any atom is -0.379 e. The number of amides is 1. The van der Waals surface area contributed by atoms with E-state index in [4.69, 9.17) is 4.74 Å². The highest BCUT2D eigenvalue weighted by Gasteiger charge is 2.12. The Bertz CT molecular complexity index is 773. The summed E-state index contributed by atoms with van der Waals surface area (Å²) in [6, 6.07) is 9.66. The molecule has 0 atom stereocenters. The number of nitro benzene ring substituents is 1. The molecule has 0 bridgehead atoms. The zero-order valence-corrected chi connectivity index (χ0v) is 14.3. The number of carbonyl (C=O) groups is 1. The molecular formula is C18H20N4O4. The van der Waals surface area contributed by atoms with Crippen molar-refractivity contribution in [2.75, 3.05) is 39.4 Å². The fourth-order valence-electron chi connectivity index (χ4n) is 2.75. The van der Waals surface area contributed by atoms with Gasteiger partial charge in [-0.25, -0.2) is 0 Å². The molecule has 0 unspecified atom stereocenters. The van der Waals surface area contributed by atoms with E-state index in [0.29, 0.717) is 12.2 Å². The van der Waals surface area contributed by atoms with Crippen LogP contribution in [0.2, 0.25) is 0 Å². The summed E-state index contributed by atoms with van der Waals surface area (Å²) in [5, 5.41) is 13.6. The first-order valence-electron chi connectivity index (χ1n) is 8.42. The Balaban J connectivity index is 1.60. The van der Waals surface area contributed by atoms with Gasteiger partial charge in [-0.2, -0.15) is 0 Å². The molecular weight excluding hydrogens is 336 g/mol. The second kappa shape index (κ2) is 8.50. The Morgan fingerprint density at radius 3 is 2.62 bits per heavy atom. The zero-order chi connectivity index (χ0) is 18.4. The maximum absolute atomic E-state index is 12.3. The summed E-state index contributed by atoms with van der Waals surface area (Å²) in [6.45, 7) is 4.53. The fourth-order valence-corrected chi connectivity index (χ4v) is 2.75. The lowest BCUT2D eigenvalue weighted by Gasteiger charge is -2.26. The molecule has 1 aromatic heterocycles. The summed E-state index contributed by atoms with van der Waals surface area (Å²) in [5.74, 6) is -0.234. The molecule has 0 saturated carbocycles. The number of benzene rings is 1.